The molecular formula is C27H18BrCl2N3O4. The van der Waals surface area contributed by atoms with Crippen molar-refractivity contribution >= 4 is 62.8 Å². The summed E-state index contributed by atoms with van der Waals surface area (Å²) in [6, 6.07) is 21.1. The summed E-state index contributed by atoms with van der Waals surface area (Å²) in [6.45, 7) is -0.585. The van der Waals surface area contributed by atoms with E-state index in [0.717, 1.165) is 9.37 Å². The molecule has 2 atom stereocenters. The van der Waals surface area contributed by atoms with Crippen LogP contribution in [0.5, 0.6) is 0 Å². The molecule has 1 heterocycles. The van der Waals surface area contributed by atoms with Crippen LogP contribution in [0.4, 0.5) is 0 Å². The van der Waals surface area contributed by atoms with Crippen molar-refractivity contribution < 1.29 is 19.2 Å². The van der Waals surface area contributed by atoms with E-state index in [1.54, 1.807) is 24.3 Å². The van der Waals surface area contributed by atoms with E-state index >= 15 is 0 Å². The molecule has 7 nitrogen and oxygen atoms in total. The van der Waals surface area contributed by atoms with Crippen molar-refractivity contribution in [3.63, 3.8) is 0 Å². The number of benzene rings is 3. The Hall–Kier alpha value is -3.20. The van der Waals surface area contributed by atoms with Gasteiger partial charge < -0.3 is 0 Å². The lowest BCUT2D eigenvalue weighted by Gasteiger charge is -2.54. The molecule has 1 saturated heterocycles. The number of hydrogen-bond donors (Lipinski definition) is 2. The third kappa shape index (κ3) is 3.25. The topological polar surface area (TPSA) is 95.6 Å². The lowest BCUT2D eigenvalue weighted by atomic mass is 9.54. The van der Waals surface area contributed by atoms with Gasteiger partial charge in [0.15, 0.2) is 0 Å². The van der Waals surface area contributed by atoms with Gasteiger partial charge in [-0.25, -0.2) is 0 Å². The van der Waals surface area contributed by atoms with Gasteiger partial charge in [-0.3, -0.25) is 34.9 Å². The Bertz CT molecular complexity index is 1390. The highest BCUT2D eigenvalue weighted by atomic mass is 79.9. The first-order valence-corrected chi connectivity index (χ1v) is 13.0. The number of carbonyl (C=O) groups is 4. The molecule has 0 saturated carbocycles. The van der Waals surface area contributed by atoms with Gasteiger partial charge in [-0.2, -0.15) is 0 Å². The van der Waals surface area contributed by atoms with Gasteiger partial charge in [0, 0.05) is 10.0 Å². The van der Waals surface area contributed by atoms with Gasteiger partial charge in [-0.05, 0) is 46.5 Å². The van der Waals surface area contributed by atoms with Gasteiger partial charge in [0.1, 0.15) is 16.3 Å². The van der Waals surface area contributed by atoms with Gasteiger partial charge in [0.05, 0.1) is 11.8 Å². The molecule has 3 aromatic rings. The van der Waals surface area contributed by atoms with E-state index in [1.807, 2.05) is 48.5 Å². The van der Waals surface area contributed by atoms with Crippen LogP contribution in [0.15, 0.2) is 77.3 Å². The van der Waals surface area contributed by atoms with Gasteiger partial charge in [0.2, 0.25) is 11.8 Å². The maximum Gasteiger partial charge on any atom is 0.269 e. The molecular weight excluding hydrogens is 581 g/mol. The van der Waals surface area contributed by atoms with E-state index in [0.29, 0.717) is 27.8 Å². The normalized spacial score (nSPS) is 26.8. The number of amides is 4. The molecule has 0 spiro atoms. The monoisotopic (exact) mass is 597 g/mol. The number of imide groups is 1. The number of nitrogens with one attached hydrogen (secondary N) is 2. The average molecular weight is 599 g/mol. The van der Waals surface area contributed by atoms with Crippen LogP contribution in [-0.2, 0) is 24.1 Å². The predicted molar refractivity (Wildman–Crippen MR) is 140 cm³/mol. The number of halogens is 3. The van der Waals surface area contributed by atoms with Crippen molar-refractivity contribution in [2.24, 2.45) is 11.8 Å². The molecule has 3 aromatic carbocycles. The van der Waals surface area contributed by atoms with E-state index in [9.17, 15) is 19.2 Å². The minimum Gasteiger partial charge on any atom is -0.274 e. The van der Waals surface area contributed by atoms with Gasteiger partial charge in [-0.1, -0.05) is 64.5 Å². The first-order valence-electron chi connectivity index (χ1n) is 11.5. The van der Waals surface area contributed by atoms with E-state index < -0.39 is 51.8 Å². The fourth-order valence-corrected chi connectivity index (χ4v) is 7.23. The Morgan fingerprint density at radius 3 is 1.62 bits per heavy atom. The van der Waals surface area contributed by atoms with Crippen molar-refractivity contribution in [2.45, 2.75) is 9.75 Å². The minimum atomic E-state index is -1.32. The van der Waals surface area contributed by atoms with Gasteiger partial charge >= 0.3 is 0 Å². The Balaban J connectivity index is 1.30. The van der Waals surface area contributed by atoms with Crippen LogP contribution in [0.3, 0.4) is 0 Å². The van der Waals surface area contributed by atoms with E-state index in [-0.39, 0.29) is 0 Å². The SMILES string of the molecule is O=C(CN1C(=O)[C@@H]2[C@H](C1=O)C1(Cl)c3ccccc3C2(Cl)c2ccccc21)NNC(=O)c1ccc(Br)cc1. The van der Waals surface area contributed by atoms with Crippen LogP contribution in [0.25, 0.3) is 0 Å². The third-order valence-corrected chi connectivity index (χ3v) is 9.21. The van der Waals surface area contributed by atoms with Crippen LogP contribution in [0, 0.1) is 11.8 Å². The van der Waals surface area contributed by atoms with Crippen LogP contribution >= 0.6 is 39.1 Å². The summed E-state index contributed by atoms with van der Waals surface area (Å²) in [6.07, 6.45) is 0. The predicted octanol–water partition coefficient (Wildman–Crippen LogP) is 3.80. The summed E-state index contributed by atoms with van der Waals surface area (Å²) in [5, 5.41) is 0. The number of hydrazine groups is 1. The summed E-state index contributed by atoms with van der Waals surface area (Å²) in [5.74, 6) is -4.41. The highest BCUT2D eigenvalue weighted by Gasteiger charge is 2.73. The molecule has 0 radical (unpaired) electrons. The van der Waals surface area contributed by atoms with Gasteiger partial charge in [0.25, 0.3) is 11.8 Å². The van der Waals surface area contributed by atoms with Crippen LogP contribution < -0.4 is 10.9 Å². The average Bonchev–Trinajstić information content (AvgIpc) is 3.16. The molecule has 10 heteroatoms. The van der Waals surface area contributed by atoms with Crippen LogP contribution in [0.2, 0.25) is 0 Å². The Labute approximate surface area is 230 Å². The molecule has 2 N–H and O–H groups in total. The summed E-state index contributed by atoms with van der Waals surface area (Å²) >= 11 is 18.0. The summed E-state index contributed by atoms with van der Waals surface area (Å²) in [7, 11) is 0. The second-order valence-electron chi connectivity index (χ2n) is 9.24. The van der Waals surface area contributed by atoms with E-state index in [1.165, 1.54) is 0 Å². The van der Waals surface area contributed by atoms with E-state index in [4.69, 9.17) is 23.2 Å². The zero-order valence-corrected chi connectivity index (χ0v) is 22.1. The van der Waals surface area contributed by atoms with Crippen molar-refractivity contribution in [1.82, 2.24) is 15.8 Å². The lowest BCUT2D eigenvalue weighted by molar-refractivity contribution is -0.143. The van der Waals surface area contributed by atoms with Crippen molar-refractivity contribution in [3.05, 3.63) is 105 Å². The number of nitrogens with zero attached hydrogens (tertiary/aromatic N) is 1. The summed E-state index contributed by atoms with van der Waals surface area (Å²) in [4.78, 5) is 50.8. The highest BCUT2D eigenvalue weighted by Crippen LogP contribution is 2.69. The molecule has 2 bridgehead atoms. The molecule has 4 aliphatic rings. The van der Waals surface area contributed by atoms with Crippen LogP contribution in [-0.4, -0.2) is 35.1 Å². The quantitative estimate of drug-likeness (QED) is 0.272. The number of rotatable bonds is 3. The minimum absolute atomic E-state index is 0.322. The number of carbonyl (C=O) groups excluding carboxylic acids is 4. The second kappa shape index (κ2) is 8.41. The highest BCUT2D eigenvalue weighted by molar-refractivity contribution is 9.10. The molecule has 37 heavy (non-hydrogen) atoms. The number of alkyl halides is 2. The van der Waals surface area contributed by atoms with Crippen molar-refractivity contribution in [3.8, 4) is 0 Å². The second-order valence-corrected chi connectivity index (χ2v) is 11.3. The van der Waals surface area contributed by atoms with E-state index in [2.05, 4.69) is 26.8 Å². The molecule has 0 aromatic heterocycles. The van der Waals surface area contributed by atoms with Crippen molar-refractivity contribution in [2.75, 3.05) is 6.54 Å². The molecule has 186 valence electrons. The molecule has 1 fully saturated rings. The largest absolute Gasteiger partial charge is 0.274 e. The first-order chi connectivity index (χ1) is 17.7. The molecule has 4 amide bonds. The Morgan fingerprint density at radius 1 is 0.757 bits per heavy atom. The van der Waals surface area contributed by atoms with Gasteiger partial charge in [-0.15, -0.1) is 23.2 Å². The fourth-order valence-electron chi connectivity index (χ4n) is 5.86. The fraction of sp³-hybridized carbons (Fsp3) is 0.185. The maximum absolute atomic E-state index is 13.7. The Morgan fingerprint density at radius 2 is 1.19 bits per heavy atom. The van der Waals surface area contributed by atoms with Crippen molar-refractivity contribution in [1.29, 1.82) is 0 Å². The standard InChI is InChI=1S/C27H18BrCl2N3O4/c28-15-11-9-14(10-12-15)23(35)32-31-20(34)13-33-24(36)21-22(25(33)37)27(30)17-6-2-1-5-16(17)26(21,29)18-7-3-4-8-19(18)27/h1-12,21-22H,13H2,(H,31,34)(H,32,35)/t21-,22+,26?,27?. The zero-order chi connectivity index (χ0) is 26.1. The summed E-state index contributed by atoms with van der Waals surface area (Å²) in [5.41, 5.74) is 7.62. The number of likely N-dealkylation sites (tertiary alicyclic amines) is 1. The molecule has 7 rings (SSSR count). The lowest BCUT2D eigenvalue weighted by Crippen LogP contribution is -2.57. The maximum atomic E-state index is 13.7. The smallest absolute Gasteiger partial charge is 0.269 e. The number of hydrogen-bond acceptors (Lipinski definition) is 4. The zero-order valence-electron chi connectivity index (χ0n) is 19.0. The Kier molecular flexibility index (Phi) is 5.49. The molecule has 1 aliphatic heterocycles. The molecule has 0 unspecified atom stereocenters. The summed E-state index contributed by atoms with van der Waals surface area (Å²) < 4.78 is 0.799. The molecule has 3 aliphatic carbocycles. The first kappa shape index (κ1) is 24.2. The third-order valence-electron chi connectivity index (χ3n) is 7.40. The van der Waals surface area contributed by atoms with Crippen LogP contribution in [0.1, 0.15) is 32.6 Å².